The van der Waals surface area contributed by atoms with E-state index in [1.54, 1.807) is 24.3 Å². The van der Waals surface area contributed by atoms with Crippen molar-refractivity contribution in [3.05, 3.63) is 35.4 Å². The van der Waals surface area contributed by atoms with Gasteiger partial charge in [-0.2, -0.15) is 13.2 Å². The monoisotopic (exact) mass is 243 g/mol. The van der Waals surface area contributed by atoms with Crippen LogP contribution < -0.4 is 5.73 Å². The highest BCUT2D eigenvalue weighted by Gasteiger charge is 2.27. The minimum atomic E-state index is -4.31. The first-order valence-electron chi connectivity index (χ1n) is 4.94. The highest BCUT2D eigenvalue weighted by atomic mass is 19.4. The lowest BCUT2D eigenvalue weighted by Crippen LogP contribution is -2.16. The molecule has 0 aromatic heterocycles. The molecule has 1 rings (SSSR count). The molecule has 0 saturated heterocycles. The maximum atomic E-state index is 11.9. The molecule has 0 aliphatic heterocycles. The predicted molar refractivity (Wildman–Crippen MR) is 58.1 cm³/mol. The zero-order valence-electron chi connectivity index (χ0n) is 9.05. The van der Waals surface area contributed by atoms with Crippen LogP contribution >= 0.6 is 0 Å². The van der Waals surface area contributed by atoms with Crippen molar-refractivity contribution in [1.82, 2.24) is 0 Å². The van der Waals surface area contributed by atoms with Crippen LogP contribution in [0, 0.1) is 11.8 Å². The van der Waals surface area contributed by atoms with E-state index < -0.39 is 12.8 Å². The molecular formula is C12H12F3NO. The molecule has 0 aliphatic carbocycles. The Labute approximate surface area is 97.6 Å². The highest BCUT2D eigenvalue weighted by Crippen LogP contribution is 2.16. The van der Waals surface area contributed by atoms with Gasteiger partial charge in [0, 0.05) is 5.56 Å². The first kappa shape index (κ1) is 13.6. The summed E-state index contributed by atoms with van der Waals surface area (Å²) in [5.41, 5.74) is 6.49. The Morgan fingerprint density at radius 3 is 2.59 bits per heavy atom. The second kappa shape index (κ2) is 6.28. The van der Waals surface area contributed by atoms with E-state index in [-0.39, 0.29) is 13.2 Å². The van der Waals surface area contributed by atoms with Crippen LogP contribution in [0.4, 0.5) is 13.2 Å². The minimum Gasteiger partial charge on any atom is -0.367 e. The molecule has 0 saturated carbocycles. The number of halogens is 3. The molecule has 0 fully saturated rings. The number of nitrogens with two attached hydrogens (primary N) is 1. The lowest BCUT2D eigenvalue weighted by atomic mass is 10.1. The van der Waals surface area contributed by atoms with Crippen molar-refractivity contribution >= 4 is 0 Å². The molecule has 17 heavy (non-hydrogen) atoms. The molecule has 2 nitrogen and oxygen atoms in total. The molecule has 0 aliphatic rings. The normalized spacial score (nSPS) is 10.8. The van der Waals surface area contributed by atoms with Crippen LogP contribution in [0.3, 0.4) is 0 Å². The third-order valence-corrected chi connectivity index (χ3v) is 1.87. The van der Waals surface area contributed by atoms with Crippen LogP contribution in [0.2, 0.25) is 0 Å². The zero-order valence-corrected chi connectivity index (χ0v) is 9.05. The van der Waals surface area contributed by atoms with Crippen LogP contribution in [0.1, 0.15) is 11.1 Å². The Balaban J connectivity index is 2.64. The summed E-state index contributed by atoms with van der Waals surface area (Å²) < 4.78 is 40.3. The molecule has 5 heteroatoms. The van der Waals surface area contributed by atoms with Gasteiger partial charge in [-0.25, -0.2) is 0 Å². The predicted octanol–water partition coefficient (Wildman–Crippen LogP) is 2.08. The molecule has 0 unspecified atom stereocenters. The van der Waals surface area contributed by atoms with Crippen molar-refractivity contribution in [2.45, 2.75) is 12.8 Å². The van der Waals surface area contributed by atoms with E-state index in [1.807, 2.05) is 0 Å². The summed E-state index contributed by atoms with van der Waals surface area (Å²) >= 11 is 0. The van der Waals surface area contributed by atoms with E-state index in [1.165, 1.54) is 0 Å². The van der Waals surface area contributed by atoms with Crippen molar-refractivity contribution in [3.8, 4) is 11.8 Å². The fourth-order valence-electron chi connectivity index (χ4n) is 1.19. The van der Waals surface area contributed by atoms with Crippen molar-refractivity contribution in [2.75, 3.05) is 13.2 Å². The molecule has 0 atom stereocenters. The van der Waals surface area contributed by atoms with Gasteiger partial charge in [0.15, 0.2) is 0 Å². The van der Waals surface area contributed by atoms with E-state index in [0.717, 1.165) is 0 Å². The van der Waals surface area contributed by atoms with Crippen molar-refractivity contribution in [1.29, 1.82) is 0 Å². The van der Waals surface area contributed by atoms with Gasteiger partial charge in [0.1, 0.15) is 6.61 Å². The molecule has 1 aromatic carbocycles. The summed E-state index contributed by atoms with van der Waals surface area (Å²) in [5, 5.41) is 0. The quantitative estimate of drug-likeness (QED) is 0.825. The Morgan fingerprint density at radius 1 is 1.24 bits per heavy atom. The average Bonchev–Trinajstić information content (AvgIpc) is 2.26. The van der Waals surface area contributed by atoms with Gasteiger partial charge in [-0.15, -0.1) is 0 Å². The van der Waals surface area contributed by atoms with Gasteiger partial charge in [-0.05, 0) is 11.6 Å². The fraction of sp³-hybridized carbons (Fsp3) is 0.333. The van der Waals surface area contributed by atoms with Gasteiger partial charge in [0.2, 0.25) is 0 Å². The Hall–Kier alpha value is -1.51. The van der Waals surface area contributed by atoms with Crippen LogP contribution in [0.15, 0.2) is 24.3 Å². The summed E-state index contributed by atoms with van der Waals surface area (Å²) in [6.45, 7) is -1.17. The van der Waals surface area contributed by atoms with E-state index in [4.69, 9.17) is 5.73 Å². The second-order valence-electron chi connectivity index (χ2n) is 3.27. The maximum absolute atomic E-state index is 11.9. The SMILES string of the molecule is NCC#Cc1ccccc1COCC(F)(F)F. The number of ether oxygens (including phenoxy) is 1. The topological polar surface area (TPSA) is 35.2 Å². The van der Waals surface area contributed by atoms with E-state index >= 15 is 0 Å². The molecule has 1 aromatic rings. The average molecular weight is 243 g/mol. The van der Waals surface area contributed by atoms with Gasteiger partial charge in [0.05, 0.1) is 13.2 Å². The lowest BCUT2D eigenvalue weighted by Gasteiger charge is -2.08. The van der Waals surface area contributed by atoms with Gasteiger partial charge < -0.3 is 10.5 Å². The van der Waals surface area contributed by atoms with Crippen LogP contribution in [0.25, 0.3) is 0 Å². The highest BCUT2D eigenvalue weighted by molar-refractivity contribution is 5.41. The fourth-order valence-corrected chi connectivity index (χ4v) is 1.19. The summed E-state index contributed by atoms with van der Waals surface area (Å²) in [6.07, 6.45) is -4.31. The molecule has 0 heterocycles. The minimum absolute atomic E-state index is 0.116. The molecule has 0 bridgehead atoms. The van der Waals surface area contributed by atoms with Gasteiger partial charge in [-0.3, -0.25) is 0 Å². The van der Waals surface area contributed by atoms with Gasteiger partial charge in [-0.1, -0.05) is 30.0 Å². The number of hydrogen-bond acceptors (Lipinski definition) is 2. The number of benzene rings is 1. The first-order chi connectivity index (χ1) is 8.03. The Kier molecular flexibility index (Phi) is 5.01. The van der Waals surface area contributed by atoms with Gasteiger partial charge in [0.25, 0.3) is 0 Å². The zero-order chi connectivity index (χ0) is 12.7. The summed E-state index contributed by atoms with van der Waals surface area (Å²) in [6, 6.07) is 6.87. The molecule has 0 amide bonds. The number of rotatable bonds is 3. The molecule has 92 valence electrons. The summed E-state index contributed by atoms with van der Waals surface area (Å²) in [4.78, 5) is 0. The van der Waals surface area contributed by atoms with Crippen LogP contribution in [0.5, 0.6) is 0 Å². The standard InChI is InChI=1S/C12H12F3NO/c13-12(14,15)9-17-8-11-5-2-1-4-10(11)6-3-7-16/h1-2,4-5H,7-9,16H2. The Morgan fingerprint density at radius 2 is 1.94 bits per heavy atom. The number of hydrogen-bond donors (Lipinski definition) is 1. The van der Waals surface area contributed by atoms with Crippen molar-refractivity contribution in [2.24, 2.45) is 5.73 Å². The largest absolute Gasteiger partial charge is 0.411 e. The summed E-state index contributed by atoms with van der Waals surface area (Å²) in [7, 11) is 0. The smallest absolute Gasteiger partial charge is 0.367 e. The third-order valence-electron chi connectivity index (χ3n) is 1.87. The second-order valence-corrected chi connectivity index (χ2v) is 3.27. The van der Waals surface area contributed by atoms with Crippen LogP contribution in [-0.4, -0.2) is 19.3 Å². The molecule has 0 radical (unpaired) electrons. The third kappa shape index (κ3) is 5.38. The lowest BCUT2D eigenvalue weighted by molar-refractivity contribution is -0.176. The van der Waals surface area contributed by atoms with Crippen molar-refractivity contribution in [3.63, 3.8) is 0 Å². The molecular weight excluding hydrogens is 231 g/mol. The molecule has 2 N–H and O–H groups in total. The van der Waals surface area contributed by atoms with E-state index in [9.17, 15) is 13.2 Å². The Bertz CT molecular complexity index is 418. The van der Waals surface area contributed by atoms with Gasteiger partial charge >= 0.3 is 6.18 Å². The number of alkyl halides is 3. The first-order valence-corrected chi connectivity index (χ1v) is 4.94. The summed E-state index contributed by atoms with van der Waals surface area (Å²) in [5.74, 6) is 5.44. The van der Waals surface area contributed by atoms with E-state index in [0.29, 0.717) is 11.1 Å². The molecule has 0 spiro atoms. The van der Waals surface area contributed by atoms with Crippen LogP contribution in [-0.2, 0) is 11.3 Å². The van der Waals surface area contributed by atoms with Crippen molar-refractivity contribution < 1.29 is 17.9 Å². The maximum Gasteiger partial charge on any atom is 0.411 e. The van der Waals surface area contributed by atoms with E-state index in [2.05, 4.69) is 16.6 Å².